The number of nitrogens with one attached hydrogen (secondary N) is 4. The first-order chi connectivity index (χ1) is 23.4. The number of aliphatic imine (C=N–C) groups is 2. The maximum absolute atomic E-state index is 12.7. The number of amides is 2. The van der Waals surface area contributed by atoms with Crippen molar-refractivity contribution in [1.82, 2.24) is 10.6 Å². The Bertz CT molecular complexity index is 1650. The molecule has 14 heteroatoms. The summed E-state index contributed by atoms with van der Waals surface area (Å²) in [6.07, 6.45) is 0. The molecule has 6 rings (SSSR count). The van der Waals surface area contributed by atoms with Crippen LogP contribution in [0, 0.1) is 0 Å². The van der Waals surface area contributed by atoms with E-state index in [1.54, 1.807) is 48.5 Å². The van der Waals surface area contributed by atoms with Crippen LogP contribution in [0.25, 0.3) is 0 Å². The number of benzene rings is 4. The number of carbonyl (C=O) groups excluding carboxylic acids is 2. The van der Waals surface area contributed by atoms with Crippen LogP contribution in [-0.2, 0) is 9.59 Å². The lowest BCUT2D eigenvalue weighted by Crippen LogP contribution is -2.19. The summed E-state index contributed by atoms with van der Waals surface area (Å²) >= 11 is 0. The van der Waals surface area contributed by atoms with E-state index < -0.39 is 0 Å². The number of azo groups is 1. The molecular formula is C34H32N8O6. The van der Waals surface area contributed by atoms with Gasteiger partial charge >= 0.3 is 0 Å². The molecule has 0 unspecified atom stereocenters. The van der Waals surface area contributed by atoms with E-state index in [9.17, 15) is 9.59 Å². The Labute approximate surface area is 275 Å². The van der Waals surface area contributed by atoms with Crippen molar-refractivity contribution in [1.29, 1.82) is 0 Å². The van der Waals surface area contributed by atoms with Crippen LogP contribution in [0.4, 0.5) is 22.7 Å². The lowest BCUT2D eigenvalue weighted by molar-refractivity contribution is -0.123. The van der Waals surface area contributed by atoms with E-state index in [1.807, 2.05) is 48.5 Å². The van der Waals surface area contributed by atoms with Gasteiger partial charge in [0.25, 0.3) is 24.8 Å². The first-order valence-electron chi connectivity index (χ1n) is 14.6. The maximum atomic E-state index is 12.7. The molecule has 2 aliphatic rings. The highest BCUT2D eigenvalue weighted by Crippen LogP contribution is 2.21. The van der Waals surface area contributed by atoms with Crippen molar-refractivity contribution in [3.8, 4) is 0 Å². The van der Waals surface area contributed by atoms with Crippen molar-refractivity contribution >= 4 is 59.2 Å². The molecule has 48 heavy (non-hydrogen) atoms. The topological polar surface area (TPSA) is 206 Å². The standard InChI is InChI=1S/C32H28N8O2.2CH2O2/c41-31(37-25-9-1-21(2-10-25)29-33-17-18-34-29)23-5-13-27(14-6-23)39-40-28-15-7-24(8-16-28)32(42)38-26-11-3-22(4-12-26)30-35-19-20-36-30;2*2-1-3/h1-16H,17-20H2,(H,33,34)(H,35,36)(H,37,41)(H,38,42);2*1H,(H,2,3). The Kier molecular flexibility index (Phi) is 12.6. The van der Waals surface area contributed by atoms with Crippen LogP contribution < -0.4 is 21.3 Å². The van der Waals surface area contributed by atoms with Crippen molar-refractivity contribution < 1.29 is 29.4 Å². The highest BCUT2D eigenvalue weighted by molar-refractivity contribution is 6.06. The zero-order valence-electron chi connectivity index (χ0n) is 25.5. The molecule has 14 nitrogen and oxygen atoms in total. The predicted molar refractivity (Wildman–Crippen MR) is 182 cm³/mol. The zero-order valence-corrected chi connectivity index (χ0v) is 25.5. The van der Waals surface area contributed by atoms with Crippen LogP contribution in [-0.4, -0.2) is 72.8 Å². The second-order valence-corrected chi connectivity index (χ2v) is 9.88. The predicted octanol–water partition coefficient (Wildman–Crippen LogP) is 4.71. The average molecular weight is 649 g/mol. The molecule has 0 fully saturated rings. The van der Waals surface area contributed by atoms with Gasteiger partial charge in [0.2, 0.25) is 0 Å². The van der Waals surface area contributed by atoms with Gasteiger partial charge in [0.1, 0.15) is 11.7 Å². The van der Waals surface area contributed by atoms with Crippen LogP contribution in [0.3, 0.4) is 0 Å². The summed E-state index contributed by atoms with van der Waals surface area (Å²) in [7, 11) is 0. The average Bonchev–Trinajstić information content (AvgIpc) is 3.85. The number of hydrogen-bond donors (Lipinski definition) is 6. The number of hydrogen-bond acceptors (Lipinski definition) is 10. The first-order valence-corrected chi connectivity index (χ1v) is 14.6. The molecule has 0 aliphatic carbocycles. The van der Waals surface area contributed by atoms with Crippen LogP contribution in [0.15, 0.2) is 117 Å². The van der Waals surface area contributed by atoms with E-state index in [4.69, 9.17) is 19.8 Å². The Hall–Kier alpha value is -6.70. The fourth-order valence-electron chi connectivity index (χ4n) is 4.49. The third-order valence-corrected chi connectivity index (χ3v) is 6.72. The Morgan fingerprint density at radius 1 is 0.583 bits per heavy atom. The highest BCUT2D eigenvalue weighted by atomic mass is 16.3. The second-order valence-electron chi connectivity index (χ2n) is 9.88. The van der Waals surface area contributed by atoms with Gasteiger partial charge < -0.3 is 31.5 Å². The third kappa shape index (κ3) is 9.90. The molecule has 244 valence electrons. The summed E-state index contributed by atoms with van der Waals surface area (Å²) in [5, 5.41) is 34.6. The third-order valence-electron chi connectivity index (χ3n) is 6.72. The van der Waals surface area contributed by atoms with E-state index >= 15 is 0 Å². The minimum Gasteiger partial charge on any atom is -0.483 e. The largest absolute Gasteiger partial charge is 0.483 e. The summed E-state index contributed by atoms with van der Waals surface area (Å²) in [5.41, 5.74) is 5.61. The normalized spacial score (nSPS) is 12.8. The molecule has 0 atom stereocenters. The smallest absolute Gasteiger partial charge is 0.290 e. The molecular weight excluding hydrogens is 616 g/mol. The van der Waals surface area contributed by atoms with Gasteiger partial charge in [0.15, 0.2) is 0 Å². The second kappa shape index (κ2) is 17.7. The Morgan fingerprint density at radius 2 is 0.917 bits per heavy atom. The molecule has 0 bridgehead atoms. The Balaban J connectivity index is 0.000000808. The molecule has 0 aromatic heterocycles. The summed E-state index contributed by atoms with van der Waals surface area (Å²) in [4.78, 5) is 50.9. The zero-order chi connectivity index (χ0) is 34.1. The molecule has 6 N–H and O–H groups in total. The van der Waals surface area contributed by atoms with Crippen molar-refractivity contribution in [3.63, 3.8) is 0 Å². The Morgan fingerprint density at radius 3 is 1.21 bits per heavy atom. The molecule has 2 aliphatic heterocycles. The SMILES string of the molecule is O=C(Nc1ccc(C2=NCCN2)cc1)c1ccc(N=Nc2ccc(C(=O)Nc3ccc(C4=NCCN4)cc3)cc2)cc1.O=CO.O=CO. The summed E-state index contributed by atoms with van der Waals surface area (Å²) in [5.74, 6) is 1.33. The molecule has 0 spiro atoms. The van der Waals surface area contributed by atoms with Crippen LogP contribution >= 0.6 is 0 Å². The molecule has 2 amide bonds. The summed E-state index contributed by atoms with van der Waals surface area (Å²) in [6.45, 7) is 2.75. The van der Waals surface area contributed by atoms with E-state index in [0.717, 1.165) is 49.0 Å². The molecule has 0 radical (unpaired) electrons. The highest BCUT2D eigenvalue weighted by Gasteiger charge is 2.11. The molecule has 0 saturated heterocycles. The lowest BCUT2D eigenvalue weighted by Gasteiger charge is -2.07. The first kappa shape index (κ1) is 34.2. The van der Waals surface area contributed by atoms with Crippen LogP contribution in [0.1, 0.15) is 31.8 Å². The number of amidine groups is 2. The van der Waals surface area contributed by atoms with E-state index in [0.29, 0.717) is 33.9 Å². The van der Waals surface area contributed by atoms with E-state index in [2.05, 4.69) is 41.5 Å². The molecule has 2 heterocycles. The van der Waals surface area contributed by atoms with E-state index in [-0.39, 0.29) is 24.8 Å². The van der Waals surface area contributed by atoms with Gasteiger partial charge in [-0.25, -0.2) is 0 Å². The fraction of sp³-hybridized carbons (Fsp3) is 0.118. The van der Waals surface area contributed by atoms with E-state index in [1.165, 1.54) is 0 Å². The summed E-state index contributed by atoms with van der Waals surface area (Å²) < 4.78 is 0. The number of carbonyl (C=O) groups is 4. The summed E-state index contributed by atoms with van der Waals surface area (Å²) in [6, 6.07) is 28.9. The number of rotatable bonds is 8. The minimum absolute atomic E-state index is 0.215. The van der Waals surface area contributed by atoms with Crippen molar-refractivity contribution in [2.24, 2.45) is 20.2 Å². The number of nitrogens with zero attached hydrogens (tertiary/aromatic N) is 4. The van der Waals surface area contributed by atoms with Crippen LogP contribution in [0.2, 0.25) is 0 Å². The van der Waals surface area contributed by atoms with Crippen molar-refractivity contribution in [2.45, 2.75) is 0 Å². The van der Waals surface area contributed by atoms with Gasteiger partial charge in [0, 0.05) is 46.7 Å². The molecule has 0 saturated carbocycles. The monoisotopic (exact) mass is 648 g/mol. The maximum Gasteiger partial charge on any atom is 0.290 e. The lowest BCUT2D eigenvalue weighted by atomic mass is 10.1. The van der Waals surface area contributed by atoms with Gasteiger partial charge in [-0.1, -0.05) is 0 Å². The van der Waals surface area contributed by atoms with Gasteiger partial charge in [-0.15, -0.1) is 0 Å². The van der Waals surface area contributed by atoms with Gasteiger partial charge in [-0.3, -0.25) is 29.2 Å². The molecule has 4 aromatic rings. The van der Waals surface area contributed by atoms with Gasteiger partial charge in [-0.2, -0.15) is 10.2 Å². The molecule has 4 aromatic carbocycles. The fourth-order valence-corrected chi connectivity index (χ4v) is 4.49. The van der Waals surface area contributed by atoms with Gasteiger partial charge in [0.05, 0.1) is 24.5 Å². The number of anilines is 2. The van der Waals surface area contributed by atoms with Crippen molar-refractivity contribution in [3.05, 3.63) is 119 Å². The van der Waals surface area contributed by atoms with Crippen molar-refractivity contribution in [2.75, 3.05) is 36.8 Å². The number of carboxylic acid groups (broad SMARTS) is 2. The van der Waals surface area contributed by atoms with Crippen LogP contribution in [0.5, 0.6) is 0 Å². The quantitative estimate of drug-likeness (QED) is 0.116. The van der Waals surface area contributed by atoms with Gasteiger partial charge in [-0.05, 0) is 97.1 Å². The minimum atomic E-state index is -0.250.